The number of anilines is 1. The van der Waals surface area contributed by atoms with Gasteiger partial charge in [-0.1, -0.05) is 18.2 Å². The van der Waals surface area contributed by atoms with Gasteiger partial charge in [-0.25, -0.2) is 0 Å². The van der Waals surface area contributed by atoms with Gasteiger partial charge >= 0.3 is 17.9 Å². The van der Waals surface area contributed by atoms with Crippen molar-refractivity contribution in [2.45, 2.75) is 51.7 Å². The van der Waals surface area contributed by atoms with Gasteiger partial charge in [0.2, 0.25) is 0 Å². The van der Waals surface area contributed by atoms with Crippen molar-refractivity contribution < 1.29 is 33.3 Å². The summed E-state index contributed by atoms with van der Waals surface area (Å²) in [5.74, 6) is -1.63. The Balaban J connectivity index is 1.92. The smallest absolute Gasteiger partial charge is 0.303 e. The first-order chi connectivity index (χ1) is 12.9. The van der Waals surface area contributed by atoms with Crippen LogP contribution in [0.5, 0.6) is 0 Å². The van der Waals surface area contributed by atoms with Crippen LogP contribution in [0.4, 0.5) is 5.69 Å². The summed E-state index contributed by atoms with van der Waals surface area (Å²) in [5.41, 5.74) is 2.14. The first kappa shape index (κ1) is 19.2. The van der Waals surface area contributed by atoms with Gasteiger partial charge in [-0.3, -0.25) is 14.4 Å². The third-order valence-corrected chi connectivity index (χ3v) is 4.55. The lowest BCUT2D eigenvalue weighted by atomic mass is 10.0. The molecular formula is C19H23NO7. The van der Waals surface area contributed by atoms with Crippen molar-refractivity contribution in [3.05, 3.63) is 29.8 Å². The minimum Gasteiger partial charge on any atom is -0.456 e. The highest BCUT2D eigenvalue weighted by molar-refractivity contribution is 5.68. The Bertz CT molecular complexity index is 735. The summed E-state index contributed by atoms with van der Waals surface area (Å²) in [7, 11) is 0. The number of ether oxygens (including phenoxy) is 4. The molecule has 27 heavy (non-hydrogen) atoms. The van der Waals surface area contributed by atoms with Crippen molar-refractivity contribution in [2.24, 2.45) is 0 Å². The molecular weight excluding hydrogens is 354 g/mol. The number of benzene rings is 1. The molecule has 0 saturated carbocycles. The molecule has 0 spiro atoms. The zero-order valence-corrected chi connectivity index (χ0v) is 15.5. The van der Waals surface area contributed by atoms with E-state index in [1.807, 2.05) is 29.2 Å². The molecule has 1 saturated heterocycles. The number of rotatable bonds is 4. The fraction of sp³-hybridized carbons (Fsp3) is 0.526. The molecule has 4 atom stereocenters. The summed E-state index contributed by atoms with van der Waals surface area (Å²) >= 11 is 0. The molecule has 3 rings (SSSR count). The van der Waals surface area contributed by atoms with E-state index in [9.17, 15) is 14.4 Å². The van der Waals surface area contributed by atoms with E-state index in [4.69, 9.17) is 18.9 Å². The summed E-state index contributed by atoms with van der Waals surface area (Å²) < 4.78 is 22.1. The highest BCUT2D eigenvalue weighted by atomic mass is 16.6. The van der Waals surface area contributed by atoms with Crippen LogP contribution in [0, 0.1) is 0 Å². The molecule has 0 unspecified atom stereocenters. The third kappa shape index (κ3) is 4.21. The Labute approximate surface area is 157 Å². The molecule has 2 aliphatic rings. The van der Waals surface area contributed by atoms with Gasteiger partial charge in [0.05, 0.1) is 6.61 Å². The monoisotopic (exact) mass is 377 g/mol. The molecule has 0 aromatic heterocycles. The normalized spacial score (nSPS) is 26.9. The van der Waals surface area contributed by atoms with E-state index in [0.29, 0.717) is 6.54 Å². The summed E-state index contributed by atoms with van der Waals surface area (Å²) in [6.07, 6.45) is -2.58. The topological polar surface area (TPSA) is 91.4 Å². The zero-order valence-electron chi connectivity index (χ0n) is 15.5. The Morgan fingerprint density at radius 1 is 0.963 bits per heavy atom. The number of para-hydroxylation sites is 1. The van der Waals surface area contributed by atoms with Crippen molar-refractivity contribution in [3.8, 4) is 0 Å². The van der Waals surface area contributed by atoms with Crippen LogP contribution in [0.15, 0.2) is 24.3 Å². The van der Waals surface area contributed by atoms with E-state index >= 15 is 0 Å². The highest BCUT2D eigenvalue weighted by Crippen LogP contribution is 2.35. The van der Waals surface area contributed by atoms with Gasteiger partial charge in [-0.2, -0.15) is 0 Å². The average molecular weight is 377 g/mol. The summed E-state index contributed by atoms with van der Waals surface area (Å²) in [5, 5.41) is 0. The minimum atomic E-state index is -0.957. The number of hydrogen-bond acceptors (Lipinski definition) is 8. The first-order valence-corrected chi connectivity index (χ1v) is 8.84. The minimum absolute atomic E-state index is 0.0264. The van der Waals surface area contributed by atoms with Crippen LogP contribution in [0.25, 0.3) is 0 Å². The Hall–Kier alpha value is -2.61. The number of fused-ring (bicyclic) bond motifs is 1. The lowest BCUT2D eigenvalue weighted by Crippen LogP contribution is -2.62. The number of esters is 3. The van der Waals surface area contributed by atoms with Gasteiger partial charge in [0.1, 0.15) is 0 Å². The summed E-state index contributed by atoms with van der Waals surface area (Å²) in [6, 6.07) is 7.89. The number of nitrogens with zero attached hydrogens (tertiary/aromatic N) is 1. The van der Waals surface area contributed by atoms with Crippen LogP contribution in [0.3, 0.4) is 0 Å². The number of hydrogen-bond donors (Lipinski definition) is 0. The van der Waals surface area contributed by atoms with E-state index in [2.05, 4.69) is 0 Å². The predicted octanol–water partition coefficient (Wildman–Crippen LogP) is 1.20. The number of carbonyl (C=O) groups excluding carboxylic acids is 3. The van der Waals surface area contributed by atoms with Gasteiger partial charge in [-0.05, 0) is 18.1 Å². The maximum atomic E-state index is 11.7. The number of carbonyl (C=O) groups is 3. The largest absolute Gasteiger partial charge is 0.456 e. The average Bonchev–Trinajstić information content (AvgIpc) is 3.00. The molecule has 1 aromatic carbocycles. The summed E-state index contributed by atoms with van der Waals surface area (Å²) in [4.78, 5) is 36.8. The quantitative estimate of drug-likeness (QED) is 0.571. The van der Waals surface area contributed by atoms with Crippen LogP contribution < -0.4 is 4.90 Å². The van der Waals surface area contributed by atoms with Gasteiger partial charge in [0.25, 0.3) is 0 Å². The molecule has 2 aliphatic heterocycles. The van der Waals surface area contributed by atoms with E-state index < -0.39 is 42.4 Å². The fourth-order valence-corrected chi connectivity index (χ4v) is 3.62. The molecule has 0 amide bonds. The van der Waals surface area contributed by atoms with E-state index in [-0.39, 0.29) is 6.61 Å². The van der Waals surface area contributed by atoms with Crippen molar-refractivity contribution >= 4 is 23.6 Å². The second kappa shape index (κ2) is 7.96. The van der Waals surface area contributed by atoms with Crippen LogP contribution >= 0.6 is 0 Å². The second-order valence-electron chi connectivity index (χ2n) is 6.59. The van der Waals surface area contributed by atoms with Crippen LogP contribution in [0.1, 0.15) is 26.3 Å². The van der Waals surface area contributed by atoms with E-state index in [1.54, 1.807) is 0 Å². The highest BCUT2D eigenvalue weighted by Gasteiger charge is 2.49. The van der Waals surface area contributed by atoms with Crippen LogP contribution in [0.2, 0.25) is 0 Å². The summed E-state index contributed by atoms with van der Waals surface area (Å²) in [6.45, 7) is 4.49. The molecule has 2 heterocycles. The van der Waals surface area contributed by atoms with Gasteiger partial charge < -0.3 is 23.8 Å². The lowest BCUT2D eigenvalue weighted by Gasteiger charge is -2.44. The molecule has 0 aliphatic carbocycles. The SMILES string of the molecule is CC(=O)O[C@@H]1[C@H](OC(C)=O)[C@@H](OC(C)=O)CO[C@H]1N1CCc2ccccc21. The molecule has 1 aromatic rings. The molecule has 1 fully saturated rings. The van der Waals surface area contributed by atoms with E-state index in [1.165, 1.54) is 20.8 Å². The van der Waals surface area contributed by atoms with Crippen molar-refractivity contribution in [1.29, 1.82) is 0 Å². The Morgan fingerprint density at radius 2 is 1.59 bits per heavy atom. The molecule has 0 bridgehead atoms. The first-order valence-electron chi connectivity index (χ1n) is 8.84. The molecule has 146 valence electrons. The maximum Gasteiger partial charge on any atom is 0.303 e. The maximum absolute atomic E-state index is 11.7. The van der Waals surface area contributed by atoms with Crippen molar-refractivity contribution in [1.82, 2.24) is 0 Å². The molecule has 8 nitrogen and oxygen atoms in total. The van der Waals surface area contributed by atoms with Crippen molar-refractivity contribution in [2.75, 3.05) is 18.1 Å². The Kier molecular flexibility index (Phi) is 5.65. The van der Waals surface area contributed by atoms with Gasteiger partial charge in [0, 0.05) is 33.0 Å². The third-order valence-electron chi connectivity index (χ3n) is 4.55. The Morgan fingerprint density at radius 3 is 2.26 bits per heavy atom. The fourth-order valence-electron chi connectivity index (χ4n) is 3.62. The molecule has 0 radical (unpaired) electrons. The van der Waals surface area contributed by atoms with Crippen LogP contribution in [-0.2, 0) is 39.8 Å². The molecule has 8 heteroatoms. The second-order valence-corrected chi connectivity index (χ2v) is 6.59. The van der Waals surface area contributed by atoms with Gasteiger partial charge in [0.15, 0.2) is 24.5 Å². The van der Waals surface area contributed by atoms with Gasteiger partial charge in [-0.15, -0.1) is 0 Å². The van der Waals surface area contributed by atoms with Crippen LogP contribution in [-0.4, -0.2) is 55.6 Å². The lowest BCUT2D eigenvalue weighted by molar-refractivity contribution is -0.225. The zero-order chi connectivity index (χ0) is 19.6. The van der Waals surface area contributed by atoms with Crippen molar-refractivity contribution in [3.63, 3.8) is 0 Å². The standard InChI is InChI=1S/C19H23NO7/c1-11(21)25-16-10-24-19(18(27-13(3)23)17(16)26-12(2)22)20-9-8-14-6-4-5-7-15(14)20/h4-7,16-19H,8-10H2,1-3H3/t16-,17+,18+,19+/m0/s1. The van der Waals surface area contributed by atoms with E-state index in [0.717, 1.165) is 17.7 Å². The predicted molar refractivity (Wildman–Crippen MR) is 93.9 cm³/mol. The molecule has 0 N–H and O–H groups in total.